The van der Waals surface area contributed by atoms with Crippen molar-refractivity contribution in [1.29, 1.82) is 0 Å². The van der Waals surface area contributed by atoms with Gasteiger partial charge in [-0.05, 0) is 26.3 Å². The zero-order chi connectivity index (χ0) is 18.1. The average molecular weight is 339 g/mol. The molecule has 25 heavy (non-hydrogen) atoms. The molecule has 1 atom stereocenters. The van der Waals surface area contributed by atoms with E-state index in [0.29, 0.717) is 10.9 Å². The van der Waals surface area contributed by atoms with E-state index in [2.05, 4.69) is 15.5 Å². The fourth-order valence-electron chi connectivity index (χ4n) is 2.86. The van der Waals surface area contributed by atoms with Crippen molar-refractivity contribution < 1.29 is 4.79 Å². The lowest BCUT2D eigenvalue weighted by molar-refractivity contribution is -0.122. The number of hydrogen-bond acceptors (Lipinski definition) is 4. The second-order valence-electron chi connectivity index (χ2n) is 6.28. The van der Waals surface area contributed by atoms with Crippen molar-refractivity contribution in [3.63, 3.8) is 0 Å². The number of carbonyl (C=O) groups is 1. The van der Waals surface area contributed by atoms with Gasteiger partial charge in [-0.1, -0.05) is 29.8 Å². The maximum atomic E-state index is 12.6. The SMILES string of the molecule is Cc1ccc([C@H](C)NC(=O)Cn2ncc3c(C)nn(C)c3c2=O)cc1. The minimum atomic E-state index is -0.321. The predicted molar refractivity (Wildman–Crippen MR) is 95.2 cm³/mol. The second-order valence-corrected chi connectivity index (χ2v) is 6.28. The highest BCUT2D eigenvalue weighted by atomic mass is 16.2. The number of nitrogens with one attached hydrogen (secondary N) is 1. The van der Waals surface area contributed by atoms with Crippen LogP contribution in [0.2, 0.25) is 0 Å². The summed E-state index contributed by atoms with van der Waals surface area (Å²) in [6.45, 7) is 5.62. The minimum absolute atomic E-state index is 0.130. The van der Waals surface area contributed by atoms with E-state index in [4.69, 9.17) is 0 Å². The van der Waals surface area contributed by atoms with E-state index in [1.54, 1.807) is 13.2 Å². The molecule has 2 aromatic heterocycles. The average Bonchev–Trinajstić information content (AvgIpc) is 2.85. The van der Waals surface area contributed by atoms with E-state index in [1.165, 1.54) is 9.36 Å². The molecule has 130 valence electrons. The summed E-state index contributed by atoms with van der Waals surface area (Å²) in [5.41, 5.74) is 3.05. The maximum Gasteiger partial charge on any atom is 0.293 e. The van der Waals surface area contributed by atoms with Crippen LogP contribution in [-0.2, 0) is 18.4 Å². The van der Waals surface area contributed by atoms with Gasteiger partial charge in [0.1, 0.15) is 12.1 Å². The van der Waals surface area contributed by atoms with Gasteiger partial charge in [0.25, 0.3) is 5.56 Å². The highest BCUT2D eigenvalue weighted by molar-refractivity contribution is 5.80. The Hall–Kier alpha value is -2.96. The van der Waals surface area contributed by atoms with Gasteiger partial charge in [0, 0.05) is 12.4 Å². The van der Waals surface area contributed by atoms with Crippen LogP contribution in [0.4, 0.5) is 0 Å². The molecule has 1 aromatic carbocycles. The van der Waals surface area contributed by atoms with Crippen LogP contribution in [0.3, 0.4) is 0 Å². The van der Waals surface area contributed by atoms with Gasteiger partial charge in [-0.3, -0.25) is 14.3 Å². The van der Waals surface area contributed by atoms with Gasteiger partial charge in [0.2, 0.25) is 5.91 Å². The Kier molecular flexibility index (Phi) is 4.39. The van der Waals surface area contributed by atoms with E-state index in [0.717, 1.165) is 16.8 Å². The highest BCUT2D eigenvalue weighted by Gasteiger charge is 2.15. The largest absolute Gasteiger partial charge is 0.348 e. The summed E-state index contributed by atoms with van der Waals surface area (Å²) in [7, 11) is 1.71. The first-order valence-corrected chi connectivity index (χ1v) is 8.12. The van der Waals surface area contributed by atoms with Crippen molar-refractivity contribution in [2.45, 2.75) is 33.4 Å². The number of carbonyl (C=O) groups excluding carboxylic acids is 1. The van der Waals surface area contributed by atoms with E-state index < -0.39 is 0 Å². The van der Waals surface area contributed by atoms with Crippen LogP contribution in [0.5, 0.6) is 0 Å². The van der Waals surface area contributed by atoms with Crippen molar-refractivity contribution in [3.8, 4) is 0 Å². The third kappa shape index (κ3) is 3.31. The smallest absolute Gasteiger partial charge is 0.293 e. The summed E-state index contributed by atoms with van der Waals surface area (Å²) < 4.78 is 2.69. The Labute approximate surface area is 145 Å². The summed E-state index contributed by atoms with van der Waals surface area (Å²) in [6, 6.07) is 7.82. The Bertz CT molecular complexity index is 985. The zero-order valence-electron chi connectivity index (χ0n) is 14.8. The molecule has 0 aliphatic carbocycles. The first-order chi connectivity index (χ1) is 11.9. The maximum absolute atomic E-state index is 12.6. The molecule has 2 heterocycles. The number of nitrogens with zero attached hydrogens (tertiary/aromatic N) is 4. The van der Waals surface area contributed by atoms with Gasteiger partial charge >= 0.3 is 0 Å². The van der Waals surface area contributed by atoms with Crippen molar-refractivity contribution in [3.05, 3.63) is 57.6 Å². The number of rotatable bonds is 4. The van der Waals surface area contributed by atoms with Crippen LogP contribution >= 0.6 is 0 Å². The van der Waals surface area contributed by atoms with Crippen LogP contribution < -0.4 is 10.9 Å². The molecular formula is C18H21N5O2. The van der Waals surface area contributed by atoms with Gasteiger partial charge in [0.15, 0.2) is 0 Å². The third-order valence-corrected chi connectivity index (χ3v) is 4.28. The Morgan fingerprint density at radius 1 is 1.24 bits per heavy atom. The van der Waals surface area contributed by atoms with E-state index in [1.807, 2.05) is 45.0 Å². The van der Waals surface area contributed by atoms with Crippen molar-refractivity contribution in [2.75, 3.05) is 0 Å². The number of amides is 1. The van der Waals surface area contributed by atoms with Crippen LogP contribution in [0.15, 0.2) is 35.3 Å². The summed E-state index contributed by atoms with van der Waals surface area (Å²) in [4.78, 5) is 24.9. The van der Waals surface area contributed by atoms with Crippen LogP contribution in [0.1, 0.15) is 29.8 Å². The summed E-state index contributed by atoms with van der Waals surface area (Å²) >= 11 is 0. The molecule has 0 saturated heterocycles. The fraction of sp³-hybridized carbons (Fsp3) is 0.333. The molecule has 0 saturated carbocycles. The fourth-order valence-corrected chi connectivity index (χ4v) is 2.86. The van der Waals surface area contributed by atoms with Gasteiger partial charge in [0.05, 0.1) is 17.9 Å². The Balaban J connectivity index is 1.78. The second kappa shape index (κ2) is 6.51. The molecule has 1 N–H and O–H groups in total. The monoisotopic (exact) mass is 339 g/mol. The molecule has 0 bridgehead atoms. The topological polar surface area (TPSA) is 81.8 Å². The molecule has 0 radical (unpaired) electrons. The van der Waals surface area contributed by atoms with E-state index >= 15 is 0 Å². The number of benzene rings is 1. The lowest BCUT2D eigenvalue weighted by Gasteiger charge is -2.15. The predicted octanol–water partition coefficient (Wildman–Crippen LogP) is 1.62. The molecular weight excluding hydrogens is 318 g/mol. The first kappa shape index (κ1) is 16.9. The minimum Gasteiger partial charge on any atom is -0.348 e. The number of hydrogen-bond donors (Lipinski definition) is 1. The lowest BCUT2D eigenvalue weighted by atomic mass is 10.1. The molecule has 0 aliphatic heterocycles. The molecule has 7 nitrogen and oxygen atoms in total. The lowest BCUT2D eigenvalue weighted by Crippen LogP contribution is -2.35. The number of aromatic nitrogens is 4. The summed E-state index contributed by atoms with van der Waals surface area (Å²) in [5.74, 6) is -0.263. The normalized spacial score (nSPS) is 12.3. The zero-order valence-corrected chi connectivity index (χ0v) is 14.8. The highest BCUT2D eigenvalue weighted by Crippen LogP contribution is 2.13. The molecule has 1 amide bonds. The molecule has 3 rings (SSSR count). The number of aryl methyl sites for hydroxylation is 3. The Morgan fingerprint density at radius 3 is 2.60 bits per heavy atom. The number of fused-ring (bicyclic) bond motifs is 1. The molecule has 0 unspecified atom stereocenters. The van der Waals surface area contributed by atoms with E-state index in [9.17, 15) is 9.59 Å². The summed E-state index contributed by atoms with van der Waals surface area (Å²) in [6.07, 6.45) is 1.58. The van der Waals surface area contributed by atoms with Crippen LogP contribution in [-0.4, -0.2) is 25.5 Å². The van der Waals surface area contributed by atoms with E-state index in [-0.39, 0.29) is 24.1 Å². The quantitative estimate of drug-likeness (QED) is 0.783. The van der Waals surface area contributed by atoms with Gasteiger partial charge in [-0.25, -0.2) is 4.68 Å². The van der Waals surface area contributed by atoms with Crippen LogP contribution in [0, 0.1) is 13.8 Å². The standard InChI is InChI=1S/C18H21N5O2/c1-11-5-7-14(8-6-11)12(2)20-16(24)10-23-18(25)17-15(9-19-23)13(3)21-22(17)4/h5-9,12H,10H2,1-4H3,(H,20,24)/t12-/m0/s1. The molecule has 3 aromatic rings. The van der Waals surface area contributed by atoms with Gasteiger partial charge in [-0.2, -0.15) is 10.2 Å². The van der Waals surface area contributed by atoms with Crippen LogP contribution in [0.25, 0.3) is 10.9 Å². The van der Waals surface area contributed by atoms with Gasteiger partial charge in [-0.15, -0.1) is 0 Å². The van der Waals surface area contributed by atoms with Crippen molar-refractivity contribution in [1.82, 2.24) is 24.9 Å². The van der Waals surface area contributed by atoms with Gasteiger partial charge < -0.3 is 5.32 Å². The first-order valence-electron chi connectivity index (χ1n) is 8.12. The molecule has 0 aliphatic rings. The third-order valence-electron chi connectivity index (χ3n) is 4.28. The molecule has 7 heteroatoms. The molecule has 0 fully saturated rings. The summed E-state index contributed by atoms with van der Waals surface area (Å²) in [5, 5.41) is 11.9. The molecule has 0 spiro atoms. The van der Waals surface area contributed by atoms with Crippen molar-refractivity contribution >= 4 is 16.8 Å². The Morgan fingerprint density at radius 2 is 1.92 bits per heavy atom. The van der Waals surface area contributed by atoms with Crippen molar-refractivity contribution in [2.24, 2.45) is 7.05 Å².